The highest BCUT2D eigenvalue weighted by molar-refractivity contribution is 5.76. The van der Waals surface area contributed by atoms with Gasteiger partial charge in [-0.2, -0.15) is 0 Å². The highest BCUT2D eigenvalue weighted by Crippen LogP contribution is 2.38. The Morgan fingerprint density at radius 3 is 2.58 bits per heavy atom. The maximum Gasteiger partial charge on any atom is 0.225 e. The average molecular weight is 350 g/mol. The van der Waals surface area contributed by atoms with Gasteiger partial charge in [-0.15, -0.1) is 0 Å². The van der Waals surface area contributed by atoms with Crippen molar-refractivity contribution in [1.29, 1.82) is 0 Å². The number of fused-ring (bicyclic) bond motifs is 3. The minimum Gasteiger partial charge on any atom is -0.378 e. The van der Waals surface area contributed by atoms with Gasteiger partial charge in [0, 0.05) is 43.0 Å². The molecule has 2 aliphatic heterocycles. The Kier molecular flexibility index (Phi) is 3.63. The van der Waals surface area contributed by atoms with Gasteiger partial charge in [0.2, 0.25) is 5.95 Å². The number of aromatic nitrogens is 5. The van der Waals surface area contributed by atoms with Crippen LogP contribution in [0.3, 0.4) is 0 Å². The molecular weight excluding hydrogens is 328 g/mol. The third-order valence-electron chi connectivity index (χ3n) is 5.37. The van der Waals surface area contributed by atoms with E-state index in [9.17, 15) is 0 Å². The second kappa shape index (κ2) is 6.02. The van der Waals surface area contributed by atoms with Crippen molar-refractivity contribution in [1.82, 2.24) is 24.5 Å². The minimum absolute atomic E-state index is 0.438. The Hall–Kier alpha value is -2.54. The van der Waals surface area contributed by atoms with Crippen molar-refractivity contribution in [2.75, 3.05) is 31.2 Å². The summed E-state index contributed by atoms with van der Waals surface area (Å²) in [6.07, 6.45) is 4.85. The summed E-state index contributed by atoms with van der Waals surface area (Å²) in [6.45, 7) is 7.60. The molecule has 0 saturated carbocycles. The fourth-order valence-corrected chi connectivity index (χ4v) is 4.04. The van der Waals surface area contributed by atoms with Crippen LogP contribution in [0.25, 0.3) is 22.4 Å². The molecule has 2 unspecified atom stereocenters. The third-order valence-corrected chi connectivity index (χ3v) is 5.37. The Morgan fingerprint density at radius 1 is 1.04 bits per heavy atom. The zero-order valence-corrected chi connectivity index (χ0v) is 15.1. The van der Waals surface area contributed by atoms with E-state index in [0.717, 1.165) is 66.9 Å². The third kappa shape index (κ3) is 2.46. The van der Waals surface area contributed by atoms with Crippen LogP contribution in [-0.4, -0.2) is 50.8 Å². The molecule has 7 nitrogen and oxygen atoms in total. The summed E-state index contributed by atoms with van der Waals surface area (Å²) in [5, 5.41) is 0. The lowest BCUT2D eigenvalue weighted by molar-refractivity contribution is 0.122. The molecule has 5 heterocycles. The van der Waals surface area contributed by atoms with Gasteiger partial charge in [-0.1, -0.05) is 6.92 Å². The van der Waals surface area contributed by atoms with Crippen LogP contribution >= 0.6 is 0 Å². The van der Waals surface area contributed by atoms with E-state index in [4.69, 9.17) is 14.7 Å². The summed E-state index contributed by atoms with van der Waals surface area (Å²) in [5.41, 5.74) is 3.75. The Bertz CT molecular complexity index is 945. The Labute approximate surface area is 152 Å². The van der Waals surface area contributed by atoms with Crippen LogP contribution in [-0.2, 0) is 4.74 Å². The highest BCUT2D eigenvalue weighted by atomic mass is 16.5. The molecule has 2 aliphatic rings. The lowest BCUT2D eigenvalue weighted by Crippen LogP contribution is -2.37. The summed E-state index contributed by atoms with van der Waals surface area (Å²) >= 11 is 0. The number of hydrogen-bond donors (Lipinski definition) is 0. The number of rotatable bonds is 2. The van der Waals surface area contributed by atoms with Gasteiger partial charge in [0.15, 0.2) is 5.65 Å². The van der Waals surface area contributed by atoms with Crippen LogP contribution in [0.1, 0.15) is 38.1 Å². The van der Waals surface area contributed by atoms with E-state index in [-0.39, 0.29) is 0 Å². The monoisotopic (exact) mass is 350 g/mol. The Morgan fingerprint density at radius 2 is 1.81 bits per heavy atom. The van der Waals surface area contributed by atoms with E-state index in [1.54, 1.807) is 0 Å². The molecule has 0 radical (unpaired) electrons. The molecule has 134 valence electrons. The molecule has 0 amide bonds. The molecule has 7 heteroatoms. The molecule has 2 atom stereocenters. The van der Waals surface area contributed by atoms with Gasteiger partial charge < -0.3 is 14.2 Å². The van der Waals surface area contributed by atoms with E-state index in [2.05, 4.69) is 39.3 Å². The van der Waals surface area contributed by atoms with Crippen molar-refractivity contribution in [3.8, 4) is 11.3 Å². The molecule has 0 spiro atoms. The number of ether oxygens (including phenoxy) is 1. The molecular formula is C19H22N6O. The standard InChI is InChI=1S/C19H22N6O/c1-12-9-13(2)25-17(12)23-16-4-3-15(22-18(16)25)14-10-20-19(21-11-14)24-5-7-26-8-6-24/h3-4,10-13H,5-9H2,1-2H3. The second-order valence-corrected chi connectivity index (χ2v) is 7.24. The Balaban J connectivity index is 1.50. The van der Waals surface area contributed by atoms with Crippen molar-refractivity contribution in [2.45, 2.75) is 32.2 Å². The minimum atomic E-state index is 0.438. The molecule has 26 heavy (non-hydrogen) atoms. The van der Waals surface area contributed by atoms with Crippen molar-refractivity contribution >= 4 is 17.1 Å². The molecule has 0 aliphatic carbocycles. The van der Waals surface area contributed by atoms with E-state index < -0.39 is 0 Å². The molecule has 1 fully saturated rings. The van der Waals surface area contributed by atoms with Crippen LogP contribution in [0.2, 0.25) is 0 Å². The molecule has 3 aromatic rings. The van der Waals surface area contributed by atoms with Gasteiger partial charge in [-0.05, 0) is 25.5 Å². The van der Waals surface area contributed by atoms with Gasteiger partial charge in [0.25, 0.3) is 0 Å². The zero-order valence-electron chi connectivity index (χ0n) is 15.1. The van der Waals surface area contributed by atoms with Gasteiger partial charge in [0.05, 0.1) is 18.9 Å². The smallest absolute Gasteiger partial charge is 0.225 e. The lowest BCUT2D eigenvalue weighted by Gasteiger charge is -2.26. The van der Waals surface area contributed by atoms with Crippen LogP contribution in [0.15, 0.2) is 24.5 Å². The first-order valence-electron chi connectivity index (χ1n) is 9.24. The summed E-state index contributed by atoms with van der Waals surface area (Å²) in [5.74, 6) is 2.39. The number of nitrogens with zero attached hydrogens (tertiary/aromatic N) is 6. The van der Waals surface area contributed by atoms with Crippen molar-refractivity contribution in [3.05, 3.63) is 30.4 Å². The van der Waals surface area contributed by atoms with E-state index in [1.165, 1.54) is 0 Å². The fraction of sp³-hybridized carbons (Fsp3) is 0.474. The highest BCUT2D eigenvalue weighted by Gasteiger charge is 2.29. The number of pyridine rings is 1. The molecule has 5 rings (SSSR count). The first kappa shape index (κ1) is 15.7. The molecule has 3 aromatic heterocycles. The second-order valence-electron chi connectivity index (χ2n) is 7.24. The topological polar surface area (TPSA) is 69.0 Å². The van der Waals surface area contributed by atoms with Crippen LogP contribution in [0.4, 0.5) is 5.95 Å². The SMILES string of the molecule is CC1CC(C)n2c1nc1ccc(-c3cnc(N4CCOCC4)nc3)nc12. The molecule has 1 saturated heterocycles. The van der Waals surface area contributed by atoms with E-state index in [1.807, 2.05) is 18.5 Å². The number of hydrogen-bond acceptors (Lipinski definition) is 6. The predicted molar refractivity (Wildman–Crippen MR) is 99.3 cm³/mol. The number of anilines is 1. The van der Waals surface area contributed by atoms with Gasteiger partial charge in [-0.25, -0.2) is 19.9 Å². The quantitative estimate of drug-likeness (QED) is 0.708. The van der Waals surface area contributed by atoms with E-state index in [0.29, 0.717) is 12.0 Å². The summed E-state index contributed by atoms with van der Waals surface area (Å²) in [7, 11) is 0. The fourth-order valence-electron chi connectivity index (χ4n) is 4.04. The van der Waals surface area contributed by atoms with Gasteiger partial charge >= 0.3 is 0 Å². The zero-order chi connectivity index (χ0) is 17.7. The van der Waals surface area contributed by atoms with Crippen LogP contribution in [0, 0.1) is 0 Å². The maximum atomic E-state index is 5.38. The summed E-state index contributed by atoms with van der Waals surface area (Å²) in [4.78, 5) is 20.9. The first-order chi connectivity index (χ1) is 12.7. The summed E-state index contributed by atoms with van der Waals surface area (Å²) in [6, 6.07) is 4.50. The normalized spacial score (nSPS) is 22.8. The first-order valence-corrected chi connectivity index (χ1v) is 9.24. The average Bonchev–Trinajstić information content (AvgIpc) is 3.20. The van der Waals surface area contributed by atoms with Crippen LogP contribution in [0.5, 0.6) is 0 Å². The van der Waals surface area contributed by atoms with Crippen molar-refractivity contribution in [3.63, 3.8) is 0 Å². The molecule has 0 N–H and O–H groups in total. The molecule has 0 aromatic carbocycles. The van der Waals surface area contributed by atoms with Gasteiger partial charge in [0.1, 0.15) is 11.3 Å². The number of imidazole rings is 1. The van der Waals surface area contributed by atoms with Crippen molar-refractivity contribution < 1.29 is 4.74 Å². The van der Waals surface area contributed by atoms with Crippen LogP contribution < -0.4 is 4.90 Å². The molecule has 0 bridgehead atoms. The number of morpholine rings is 1. The largest absolute Gasteiger partial charge is 0.378 e. The van der Waals surface area contributed by atoms with Gasteiger partial charge in [-0.3, -0.25) is 0 Å². The maximum absolute atomic E-state index is 5.38. The van der Waals surface area contributed by atoms with Crippen molar-refractivity contribution in [2.24, 2.45) is 0 Å². The summed E-state index contributed by atoms with van der Waals surface area (Å²) < 4.78 is 7.67. The lowest BCUT2D eigenvalue weighted by atomic mass is 10.1. The predicted octanol–water partition coefficient (Wildman–Crippen LogP) is 2.79. The van der Waals surface area contributed by atoms with E-state index >= 15 is 0 Å².